The fourth-order valence-corrected chi connectivity index (χ4v) is 3.42. The third-order valence-corrected chi connectivity index (χ3v) is 5.55. The lowest BCUT2D eigenvalue weighted by Gasteiger charge is -2.39. The summed E-state index contributed by atoms with van der Waals surface area (Å²) in [6.07, 6.45) is 1.01. The van der Waals surface area contributed by atoms with E-state index in [1.165, 1.54) is 6.92 Å². The summed E-state index contributed by atoms with van der Waals surface area (Å²) in [5, 5.41) is 12.2. The lowest BCUT2D eigenvalue weighted by Crippen LogP contribution is -2.45. The van der Waals surface area contributed by atoms with Gasteiger partial charge in [-0.1, -0.05) is 32.9 Å². The minimum Gasteiger partial charge on any atom is -0.481 e. The predicted octanol–water partition coefficient (Wildman–Crippen LogP) is 3.35. The number of carbonyl (C=O) groups excluding carboxylic acids is 2. The first-order chi connectivity index (χ1) is 10.6. The monoisotopic (exact) mass is 317 g/mol. The molecule has 2 N–H and O–H groups in total. The van der Waals surface area contributed by atoms with Crippen molar-refractivity contribution in [3.63, 3.8) is 0 Å². The molecular weight excluding hydrogens is 294 g/mol. The minimum absolute atomic E-state index is 0.0700. The number of benzene rings is 1. The van der Waals surface area contributed by atoms with Crippen LogP contribution in [0.1, 0.15) is 50.9 Å². The Kier molecular flexibility index (Phi) is 4.33. The fraction of sp³-hybridized carbons (Fsp3) is 0.500. The number of amides is 1. The number of hydrogen-bond acceptors (Lipinski definition) is 3. The number of nitrogens with one attached hydrogen (secondary N) is 1. The maximum atomic E-state index is 12.8. The average molecular weight is 317 g/mol. The van der Waals surface area contributed by atoms with Crippen molar-refractivity contribution < 1.29 is 19.5 Å². The third kappa shape index (κ3) is 2.87. The molecule has 0 bridgehead atoms. The molecule has 0 saturated heterocycles. The van der Waals surface area contributed by atoms with Gasteiger partial charge in [0, 0.05) is 11.3 Å². The summed E-state index contributed by atoms with van der Waals surface area (Å²) in [5.74, 6) is -1.67. The molecule has 0 radical (unpaired) electrons. The van der Waals surface area contributed by atoms with Gasteiger partial charge in [-0.05, 0) is 37.3 Å². The van der Waals surface area contributed by atoms with Gasteiger partial charge in [-0.15, -0.1) is 0 Å². The van der Waals surface area contributed by atoms with Crippen LogP contribution in [0.4, 0.5) is 5.69 Å². The molecule has 2 unspecified atom stereocenters. The van der Waals surface area contributed by atoms with Gasteiger partial charge in [-0.3, -0.25) is 14.4 Å². The number of carboxylic acid groups (broad SMARTS) is 1. The summed E-state index contributed by atoms with van der Waals surface area (Å²) in [5.41, 5.74) is -0.343. The predicted molar refractivity (Wildman–Crippen MR) is 87.3 cm³/mol. The Morgan fingerprint density at radius 3 is 2.39 bits per heavy atom. The van der Waals surface area contributed by atoms with Gasteiger partial charge in [-0.2, -0.15) is 0 Å². The van der Waals surface area contributed by atoms with Crippen molar-refractivity contribution in [1.82, 2.24) is 0 Å². The number of carbonyl (C=O) groups is 3. The van der Waals surface area contributed by atoms with E-state index in [2.05, 4.69) is 5.32 Å². The molecule has 1 amide bonds. The number of Topliss-reactive ketones (excluding diaryl/α,β-unsaturated/α-hetero) is 1. The molecule has 5 nitrogen and oxygen atoms in total. The Bertz CT molecular complexity index is 665. The molecule has 0 aliphatic heterocycles. The molecule has 0 heterocycles. The first-order valence-corrected chi connectivity index (χ1v) is 7.75. The molecule has 1 aliphatic rings. The topological polar surface area (TPSA) is 83.5 Å². The number of aliphatic carboxylic acids is 1. The molecule has 5 heteroatoms. The van der Waals surface area contributed by atoms with Crippen molar-refractivity contribution >= 4 is 23.3 Å². The van der Waals surface area contributed by atoms with Crippen LogP contribution in [0, 0.1) is 16.7 Å². The second-order valence-electron chi connectivity index (χ2n) is 7.07. The van der Waals surface area contributed by atoms with Gasteiger partial charge in [0.15, 0.2) is 5.78 Å². The maximum Gasteiger partial charge on any atom is 0.307 e. The fourth-order valence-electron chi connectivity index (χ4n) is 3.42. The summed E-state index contributed by atoms with van der Waals surface area (Å²) < 4.78 is 0. The highest BCUT2D eigenvalue weighted by Crippen LogP contribution is 2.56. The van der Waals surface area contributed by atoms with Crippen LogP contribution >= 0.6 is 0 Å². The van der Waals surface area contributed by atoms with Crippen LogP contribution in [-0.4, -0.2) is 22.8 Å². The molecule has 23 heavy (non-hydrogen) atoms. The summed E-state index contributed by atoms with van der Waals surface area (Å²) in [4.78, 5) is 35.7. The van der Waals surface area contributed by atoms with E-state index >= 15 is 0 Å². The van der Waals surface area contributed by atoms with E-state index in [4.69, 9.17) is 0 Å². The lowest BCUT2D eigenvalue weighted by molar-refractivity contribution is -0.147. The first kappa shape index (κ1) is 17.2. The van der Waals surface area contributed by atoms with Crippen LogP contribution in [0.25, 0.3) is 0 Å². The van der Waals surface area contributed by atoms with Crippen molar-refractivity contribution in [2.45, 2.75) is 40.5 Å². The summed E-state index contributed by atoms with van der Waals surface area (Å²) in [7, 11) is 0. The normalized spacial score (nSPS) is 25.8. The molecule has 1 aliphatic carbocycles. The van der Waals surface area contributed by atoms with Gasteiger partial charge in [0.2, 0.25) is 5.91 Å². The van der Waals surface area contributed by atoms with Crippen LogP contribution in [0.2, 0.25) is 0 Å². The van der Waals surface area contributed by atoms with Gasteiger partial charge >= 0.3 is 5.97 Å². The summed E-state index contributed by atoms with van der Waals surface area (Å²) in [6.45, 7) is 6.97. The van der Waals surface area contributed by atoms with Crippen LogP contribution in [0.15, 0.2) is 24.3 Å². The Morgan fingerprint density at radius 1 is 1.22 bits per heavy atom. The molecule has 124 valence electrons. The largest absolute Gasteiger partial charge is 0.481 e. The molecule has 2 rings (SSSR count). The lowest BCUT2D eigenvalue weighted by atomic mass is 9.65. The zero-order valence-corrected chi connectivity index (χ0v) is 14.0. The van der Waals surface area contributed by atoms with Crippen molar-refractivity contribution in [1.29, 1.82) is 0 Å². The van der Waals surface area contributed by atoms with E-state index in [1.807, 2.05) is 20.8 Å². The quantitative estimate of drug-likeness (QED) is 0.834. The van der Waals surface area contributed by atoms with Crippen molar-refractivity contribution in [2.75, 3.05) is 5.32 Å². The van der Waals surface area contributed by atoms with E-state index in [0.29, 0.717) is 24.1 Å². The highest BCUT2D eigenvalue weighted by atomic mass is 16.4. The van der Waals surface area contributed by atoms with Crippen molar-refractivity contribution in [2.24, 2.45) is 16.7 Å². The van der Waals surface area contributed by atoms with Crippen molar-refractivity contribution in [3.8, 4) is 0 Å². The third-order valence-electron chi connectivity index (χ3n) is 5.55. The number of rotatable bonds is 4. The van der Waals surface area contributed by atoms with Gasteiger partial charge in [-0.25, -0.2) is 0 Å². The molecule has 1 saturated carbocycles. The van der Waals surface area contributed by atoms with E-state index in [0.717, 1.165) is 0 Å². The minimum atomic E-state index is -0.856. The van der Waals surface area contributed by atoms with Gasteiger partial charge < -0.3 is 10.4 Å². The Labute approximate surface area is 136 Å². The van der Waals surface area contributed by atoms with Crippen LogP contribution in [0.5, 0.6) is 0 Å². The highest BCUT2D eigenvalue weighted by molar-refractivity contribution is 5.99. The Morgan fingerprint density at radius 2 is 1.87 bits per heavy atom. The van der Waals surface area contributed by atoms with E-state index in [1.54, 1.807) is 24.3 Å². The second kappa shape index (κ2) is 5.80. The first-order valence-electron chi connectivity index (χ1n) is 7.75. The van der Waals surface area contributed by atoms with Crippen LogP contribution in [0.3, 0.4) is 0 Å². The van der Waals surface area contributed by atoms with Crippen LogP contribution < -0.4 is 5.32 Å². The van der Waals surface area contributed by atoms with Gasteiger partial charge in [0.1, 0.15) is 0 Å². The zero-order valence-electron chi connectivity index (χ0n) is 14.0. The molecule has 2 atom stereocenters. The van der Waals surface area contributed by atoms with E-state index in [-0.39, 0.29) is 11.7 Å². The Balaban J connectivity index is 2.25. The van der Waals surface area contributed by atoms with Crippen molar-refractivity contribution in [3.05, 3.63) is 29.8 Å². The van der Waals surface area contributed by atoms with Crippen LogP contribution in [-0.2, 0) is 9.59 Å². The standard InChI is InChI=1S/C18H23NO4/c1-11(20)12-6-5-7-13(10-12)19-16(23)18(4)9-8-14(15(21)22)17(18,2)3/h5-7,10,14H,8-9H2,1-4H3,(H,19,23)(H,21,22). The van der Waals surface area contributed by atoms with E-state index in [9.17, 15) is 19.5 Å². The molecule has 0 spiro atoms. The zero-order chi connectivity index (χ0) is 17.4. The van der Waals surface area contributed by atoms with Gasteiger partial charge in [0.25, 0.3) is 0 Å². The molecule has 1 aromatic rings. The molecular formula is C18H23NO4. The number of ketones is 1. The van der Waals surface area contributed by atoms with Gasteiger partial charge in [0.05, 0.1) is 11.3 Å². The number of carboxylic acids is 1. The smallest absolute Gasteiger partial charge is 0.307 e. The highest BCUT2D eigenvalue weighted by Gasteiger charge is 2.58. The SMILES string of the molecule is CC(=O)c1cccc(NC(=O)C2(C)CCC(C(=O)O)C2(C)C)c1. The molecule has 0 aromatic heterocycles. The Hall–Kier alpha value is -2.17. The number of anilines is 1. The summed E-state index contributed by atoms with van der Waals surface area (Å²) >= 11 is 0. The number of hydrogen-bond donors (Lipinski definition) is 2. The molecule has 1 fully saturated rings. The second-order valence-corrected chi connectivity index (χ2v) is 7.07. The van der Waals surface area contributed by atoms with E-state index < -0.39 is 22.7 Å². The summed E-state index contributed by atoms with van der Waals surface area (Å²) in [6, 6.07) is 6.78. The molecule has 1 aromatic carbocycles. The maximum absolute atomic E-state index is 12.8. The average Bonchev–Trinajstić information content (AvgIpc) is 2.70.